The Bertz CT molecular complexity index is 584. The lowest BCUT2D eigenvalue weighted by Crippen LogP contribution is -2.23. The number of hydrogen-bond donors (Lipinski definition) is 1. The van der Waals surface area contributed by atoms with Crippen molar-refractivity contribution >= 4 is 27.4 Å². The highest BCUT2D eigenvalue weighted by molar-refractivity contribution is 7.18. The van der Waals surface area contributed by atoms with Crippen LogP contribution in [0.15, 0.2) is 6.20 Å². The van der Waals surface area contributed by atoms with Crippen molar-refractivity contribution in [3.63, 3.8) is 0 Å². The van der Waals surface area contributed by atoms with E-state index in [9.17, 15) is 0 Å². The average Bonchev–Trinajstić information content (AvgIpc) is 3.04. The molecule has 2 N–H and O–H groups in total. The quantitative estimate of drug-likeness (QED) is 0.923. The standard InChI is InChI=1S/C13H18N4S/c1-7-16-11-10(9(14)6-15-13(11)18-7)12(17(2)3)8-4-5-8/h6,8,12H,4-5,14H2,1-3H3. The molecule has 2 aromatic rings. The first-order chi connectivity index (χ1) is 8.58. The van der Waals surface area contributed by atoms with Gasteiger partial charge in [-0.3, -0.25) is 0 Å². The van der Waals surface area contributed by atoms with Crippen molar-refractivity contribution in [1.29, 1.82) is 0 Å². The summed E-state index contributed by atoms with van der Waals surface area (Å²) >= 11 is 1.64. The zero-order valence-electron chi connectivity index (χ0n) is 11.0. The number of pyridine rings is 1. The molecule has 0 spiro atoms. The highest BCUT2D eigenvalue weighted by Crippen LogP contribution is 2.47. The second-order valence-electron chi connectivity index (χ2n) is 5.26. The van der Waals surface area contributed by atoms with Crippen molar-refractivity contribution in [2.75, 3.05) is 19.8 Å². The topological polar surface area (TPSA) is 55.0 Å². The van der Waals surface area contributed by atoms with Crippen molar-refractivity contribution in [2.24, 2.45) is 5.92 Å². The Morgan fingerprint density at radius 2 is 2.17 bits per heavy atom. The van der Waals surface area contributed by atoms with Crippen LogP contribution in [-0.4, -0.2) is 29.0 Å². The molecular formula is C13H18N4S. The normalized spacial score (nSPS) is 17.6. The number of rotatable bonds is 3. The lowest BCUT2D eigenvalue weighted by molar-refractivity contribution is 0.272. The Morgan fingerprint density at radius 1 is 1.44 bits per heavy atom. The van der Waals surface area contributed by atoms with Crippen LogP contribution in [0.2, 0.25) is 0 Å². The third-order valence-corrected chi connectivity index (χ3v) is 4.40. The first kappa shape index (κ1) is 11.9. The number of aryl methyl sites for hydroxylation is 1. The Hall–Kier alpha value is -1.20. The zero-order chi connectivity index (χ0) is 12.9. The maximum atomic E-state index is 6.18. The Kier molecular flexibility index (Phi) is 2.75. The Labute approximate surface area is 111 Å². The second kappa shape index (κ2) is 4.17. The molecule has 4 nitrogen and oxygen atoms in total. The number of anilines is 1. The van der Waals surface area contributed by atoms with Crippen LogP contribution in [0, 0.1) is 12.8 Å². The minimum atomic E-state index is 0.372. The van der Waals surface area contributed by atoms with Gasteiger partial charge in [-0.05, 0) is 39.8 Å². The van der Waals surface area contributed by atoms with Crippen molar-refractivity contribution in [2.45, 2.75) is 25.8 Å². The molecule has 5 heteroatoms. The molecule has 0 aliphatic heterocycles. The van der Waals surface area contributed by atoms with E-state index < -0.39 is 0 Å². The lowest BCUT2D eigenvalue weighted by Gasteiger charge is -2.25. The molecule has 3 rings (SSSR count). The third kappa shape index (κ3) is 1.87. The summed E-state index contributed by atoms with van der Waals surface area (Å²) < 4.78 is 0. The van der Waals surface area contributed by atoms with E-state index in [1.807, 2.05) is 6.92 Å². The van der Waals surface area contributed by atoms with Crippen LogP contribution in [0.5, 0.6) is 0 Å². The molecule has 1 aliphatic carbocycles. The molecule has 2 aromatic heterocycles. The minimum absolute atomic E-state index is 0.372. The van der Waals surface area contributed by atoms with Gasteiger partial charge in [0, 0.05) is 11.6 Å². The fourth-order valence-corrected chi connectivity index (χ4v) is 3.43. The number of hydrogen-bond acceptors (Lipinski definition) is 5. The molecule has 0 amide bonds. The summed E-state index contributed by atoms with van der Waals surface area (Å²) in [5.74, 6) is 0.718. The first-order valence-electron chi connectivity index (χ1n) is 6.26. The van der Waals surface area contributed by atoms with Crippen molar-refractivity contribution in [3.8, 4) is 0 Å². The fourth-order valence-electron chi connectivity index (χ4n) is 2.65. The van der Waals surface area contributed by atoms with E-state index in [1.165, 1.54) is 18.4 Å². The monoisotopic (exact) mass is 262 g/mol. The van der Waals surface area contributed by atoms with E-state index in [4.69, 9.17) is 5.73 Å². The molecule has 0 saturated heterocycles. The SMILES string of the molecule is Cc1nc2c(C(C3CC3)N(C)C)c(N)cnc2s1. The van der Waals surface area contributed by atoms with Gasteiger partial charge in [0.15, 0.2) is 0 Å². The zero-order valence-corrected chi connectivity index (χ0v) is 11.8. The molecule has 1 saturated carbocycles. The molecular weight excluding hydrogens is 244 g/mol. The predicted molar refractivity (Wildman–Crippen MR) is 75.7 cm³/mol. The number of nitrogens with zero attached hydrogens (tertiary/aromatic N) is 3. The van der Waals surface area contributed by atoms with E-state index in [0.717, 1.165) is 27.0 Å². The van der Waals surface area contributed by atoms with Gasteiger partial charge in [-0.25, -0.2) is 9.97 Å². The van der Waals surface area contributed by atoms with Gasteiger partial charge in [-0.15, -0.1) is 0 Å². The number of fused-ring (bicyclic) bond motifs is 1. The van der Waals surface area contributed by atoms with Gasteiger partial charge >= 0.3 is 0 Å². The summed E-state index contributed by atoms with van der Waals surface area (Å²) in [7, 11) is 4.24. The van der Waals surface area contributed by atoms with Crippen LogP contribution >= 0.6 is 11.3 Å². The molecule has 1 aliphatic rings. The van der Waals surface area contributed by atoms with E-state index in [2.05, 4.69) is 29.0 Å². The lowest BCUT2D eigenvalue weighted by atomic mass is 10.00. The van der Waals surface area contributed by atoms with Gasteiger partial charge in [0.05, 0.1) is 16.9 Å². The summed E-state index contributed by atoms with van der Waals surface area (Å²) in [4.78, 5) is 12.3. The molecule has 2 heterocycles. The average molecular weight is 262 g/mol. The molecule has 1 unspecified atom stereocenters. The second-order valence-corrected chi connectivity index (χ2v) is 6.44. The van der Waals surface area contributed by atoms with Gasteiger partial charge in [0.1, 0.15) is 10.3 Å². The number of nitrogens with two attached hydrogens (primary N) is 1. The molecule has 0 radical (unpaired) electrons. The van der Waals surface area contributed by atoms with Crippen LogP contribution in [0.4, 0.5) is 5.69 Å². The molecule has 1 fully saturated rings. The van der Waals surface area contributed by atoms with Crippen LogP contribution < -0.4 is 5.73 Å². The van der Waals surface area contributed by atoms with Crippen LogP contribution in [0.3, 0.4) is 0 Å². The van der Waals surface area contributed by atoms with Crippen molar-refractivity contribution in [1.82, 2.24) is 14.9 Å². The van der Waals surface area contributed by atoms with Crippen molar-refractivity contribution in [3.05, 3.63) is 16.8 Å². The summed E-state index contributed by atoms with van der Waals surface area (Å²) in [6.07, 6.45) is 4.36. The van der Waals surface area contributed by atoms with Crippen LogP contribution in [-0.2, 0) is 0 Å². The van der Waals surface area contributed by atoms with E-state index >= 15 is 0 Å². The highest BCUT2D eigenvalue weighted by atomic mass is 32.1. The molecule has 0 aromatic carbocycles. The van der Waals surface area contributed by atoms with Gasteiger partial charge < -0.3 is 10.6 Å². The molecule has 96 valence electrons. The largest absolute Gasteiger partial charge is 0.397 e. The number of thiazole rings is 1. The van der Waals surface area contributed by atoms with E-state index in [-0.39, 0.29) is 0 Å². The van der Waals surface area contributed by atoms with E-state index in [0.29, 0.717) is 6.04 Å². The van der Waals surface area contributed by atoms with E-state index in [1.54, 1.807) is 17.5 Å². The molecule has 18 heavy (non-hydrogen) atoms. The number of nitrogen functional groups attached to an aromatic ring is 1. The van der Waals surface area contributed by atoms with Crippen LogP contribution in [0.1, 0.15) is 29.5 Å². The smallest absolute Gasteiger partial charge is 0.143 e. The summed E-state index contributed by atoms with van der Waals surface area (Å²) in [5, 5.41) is 1.05. The molecule has 1 atom stereocenters. The summed E-state index contributed by atoms with van der Waals surface area (Å²) in [6, 6.07) is 0.372. The van der Waals surface area contributed by atoms with Crippen molar-refractivity contribution < 1.29 is 0 Å². The highest BCUT2D eigenvalue weighted by Gasteiger charge is 2.36. The van der Waals surface area contributed by atoms with Gasteiger partial charge in [0.25, 0.3) is 0 Å². The van der Waals surface area contributed by atoms with Crippen LogP contribution in [0.25, 0.3) is 10.3 Å². The third-order valence-electron chi connectivity index (χ3n) is 3.52. The fraction of sp³-hybridized carbons (Fsp3) is 0.538. The van der Waals surface area contributed by atoms with Gasteiger partial charge in [-0.2, -0.15) is 0 Å². The van der Waals surface area contributed by atoms with Gasteiger partial charge in [-0.1, -0.05) is 11.3 Å². The predicted octanol–water partition coefficient (Wildman–Crippen LogP) is 2.59. The van der Waals surface area contributed by atoms with Gasteiger partial charge in [0.2, 0.25) is 0 Å². The maximum absolute atomic E-state index is 6.18. The molecule has 0 bridgehead atoms. The Balaban J connectivity index is 2.21. The maximum Gasteiger partial charge on any atom is 0.143 e. The Morgan fingerprint density at radius 3 is 2.78 bits per heavy atom. The minimum Gasteiger partial charge on any atom is -0.397 e. The summed E-state index contributed by atoms with van der Waals surface area (Å²) in [6.45, 7) is 2.02. The number of aromatic nitrogens is 2. The first-order valence-corrected chi connectivity index (χ1v) is 7.07. The summed E-state index contributed by atoms with van der Waals surface area (Å²) in [5.41, 5.74) is 9.13.